The molecule has 1 aliphatic heterocycles. The van der Waals surface area contributed by atoms with Crippen molar-refractivity contribution in [1.29, 1.82) is 0 Å². The summed E-state index contributed by atoms with van der Waals surface area (Å²) in [6.07, 6.45) is 3.87. The number of hydrogen-bond donors (Lipinski definition) is 1. The van der Waals surface area contributed by atoms with E-state index in [4.69, 9.17) is 0 Å². The van der Waals surface area contributed by atoms with Crippen molar-refractivity contribution in [1.82, 2.24) is 15.2 Å². The first-order valence-corrected chi connectivity index (χ1v) is 7.57. The Morgan fingerprint density at radius 1 is 1.55 bits per heavy atom. The summed E-state index contributed by atoms with van der Waals surface area (Å²) in [4.78, 5) is 18.7. The first-order valence-electron chi connectivity index (χ1n) is 7.57. The van der Waals surface area contributed by atoms with Gasteiger partial charge in [0.1, 0.15) is 5.69 Å². The standard InChI is InChI=1S/C16H25N3O/c1-4-8-17-14-7-10-19(11-13(14)3)16(20)15-12(2)6-5-9-18-15/h5-6,9,13-14,17H,4,7-8,10-11H2,1-3H3. The van der Waals surface area contributed by atoms with Crippen LogP contribution in [0.15, 0.2) is 18.3 Å². The summed E-state index contributed by atoms with van der Waals surface area (Å²) in [5.41, 5.74) is 1.55. The van der Waals surface area contributed by atoms with Crippen LogP contribution >= 0.6 is 0 Å². The van der Waals surface area contributed by atoms with E-state index in [1.807, 2.05) is 24.0 Å². The van der Waals surface area contributed by atoms with E-state index in [1.54, 1.807) is 6.20 Å². The van der Waals surface area contributed by atoms with E-state index in [2.05, 4.69) is 24.1 Å². The molecule has 2 rings (SSSR count). The molecule has 1 fully saturated rings. The van der Waals surface area contributed by atoms with Crippen LogP contribution in [0.5, 0.6) is 0 Å². The number of rotatable bonds is 4. The molecule has 4 heteroatoms. The lowest BCUT2D eigenvalue weighted by molar-refractivity contribution is 0.0638. The minimum Gasteiger partial charge on any atom is -0.337 e. The van der Waals surface area contributed by atoms with Gasteiger partial charge in [-0.15, -0.1) is 0 Å². The number of likely N-dealkylation sites (tertiary alicyclic amines) is 1. The number of nitrogens with zero attached hydrogens (tertiary/aromatic N) is 2. The summed E-state index contributed by atoms with van der Waals surface area (Å²) in [5, 5.41) is 3.58. The predicted molar refractivity (Wildman–Crippen MR) is 80.7 cm³/mol. The molecule has 0 saturated carbocycles. The van der Waals surface area contributed by atoms with Crippen LogP contribution < -0.4 is 5.32 Å². The van der Waals surface area contributed by atoms with Gasteiger partial charge < -0.3 is 10.2 Å². The summed E-state index contributed by atoms with van der Waals surface area (Å²) >= 11 is 0. The maximum absolute atomic E-state index is 12.5. The maximum atomic E-state index is 12.5. The van der Waals surface area contributed by atoms with Crippen molar-refractivity contribution >= 4 is 5.91 Å². The van der Waals surface area contributed by atoms with Crippen molar-refractivity contribution in [2.75, 3.05) is 19.6 Å². The third kappa shape index (κ3) is 3.37. The van der Waals surface area contributed by atoms with Gasteiger partial charge in [-0.3, -0.25) is 9.78 Å². The van der Waals surface area contributed by atoms with Crippen LogP contribution in [0.1, 0.15) is 42.7 Å². The topological polar surface area (TPSA) is 45.2 Å². The molecule has 110 valence electrons. The van der Waals surface area contributed by atoms with E-state index in [0.717, 1.165) is 38.0 Å². The Labute approximate surface area is 121 Å². The van der Waals surface area contributed by atoms with Crippen molar-refractivity contribution in [2.24, 2.45) is 5.92 Å². The van der Waals surface area contributed by atoms with Crippen LogP contribution in [-0.4, -0.2) is 41.5 Å². The minimum absolute atomic E-state index is 0.0730. The van der Waals surface area contributed by atoms with Gasteiger partial charge in [-0.1, -0.05) is 19.9 Å². The number of aryl methyl sites for hydroxylation is 1. The molecule has 2 atom stereocenters. The number of carbonyl (C=O) groups is 1. The molecule has 0 radical (unpaired) electrons. The first kappa shape index (κ1) is 15.0. The highest BCUT2D eigenvalue weighted by Crippen LogP contribution is 2.19. The fourth-order valence-electron chi connectivity index (χ4n) is 2.82. The fraction of sp³-hybridized carbons (Fsp3) is 0.625. The third-order valence-electron chi connectivity index (χ3n) is 4.06. The van der Waals surface area contributed by atoms with Gasteiger partial charge in [0.05, 0.1) is 0 Å². The zero-order valence-corrected chi connectivity index (χ0v) is 12.7. The molecule has 0 aliphatic carbocycles. The largest absolute Gasteiger partial charge is 0.337 e. The van der Waals surface area contributed by atoms with E-state index in [0.29, 0.717) is 17.7 Å². The normalized spacial score (nSPS) is 22.9. The van der Waals surface area contributed by atoms with Gasteiger partial charge in [-0.05, 0) is 43.9 Å². The number of hydrogen-bond acceptors (Lipinski definition) is 3. The van der Waals surface area contributed by atoms with Gasteiger partial charge in [0.25, 0.3) is 5.91 Å². The highest BCUT2D eigenvalue weighted by Gasteiger charge is 2.29. The molecule has 0 bridgehead atoms. The van der Waals surface area contributed by atoms with Gasteiger partial charge >= 0.3 is 0 Å². The first-order chi connectivity index (χ1) is 9.63. The van der Waals surface area contributed by atoms with Crippen molar-refractivity contribution in [2.45, 2.75) is 39.7 Å². The van der Waals surface area contributed by atoms with E-state index in [-0.39, 0.29) is 5.91 Å². The number of carbonyl (C=O) groups excluding carboxylic acids is 1. The third-order valence-corrected chi connectivity index (χ3v) is 4.06. The average Bonchev–Trinajstić information content (AvgIpc) is 2.46. The van der Waals surface area contributed by atoms with E-state index < -0.39 is 0 Å². The maximum Gasteiger partial charge on any atom is 0.272 e. The summed E-state index contributed by atoms with van der Waals surface area (Å²) in [6.45, 7) is 9.04. The number of piperidine rings is 1. The van der Waals surface area contributed by atoms with E-state index in [9.17, 15) is 4.79 Å². The van der Waals surface area contributed by atoms with Crippen LogP contribution in [0.2, 0.25) is 0 Å². The Morgan fingerprint density at radius 2 is 2.35 bits per heavy atom. The molecule has 1 amide bonds. The Bertz CT molecular complexity index is 461. The van der Waals surface area contributed by atoms with Crippen LogP contribution in [0.25, 0.3) is 0 Å². The van der Waals surface area contributed by atoms with E-state index >= 15 is 0 Å². The van der Waals surface area contributed by atoms with E-state index in [1.165, 1.54) is 0 Å². The smallest absolute Gasteiger partial charge is 0.272 e. The van der Waals surface area contributed by atoms with Crippen molar-refractivity contribution < 1.29 is 4.79 Å². The molecule has 20 heavy (non-hydrogen) atoms. The van der Waals surface area contributed by atoms with Crippen LogP contribution in [0.4, 0.5) is 0 Å². The molecule has 1 aromatic rings. The second-order valence-electron chi connectivity index (χ2n) is 5.75. The van der Waals surface area contributed by atoms with Crippen molar-refractivity contribution in [3.8, 4) is 0 Å². The Balaban J connectivity index is 1.99. The fourth-order valence-corrected chi connectivity index (χ4v) is 2.82. The van der Waals surface area contributed by atoms with Gasteiger partial charge in [0, 0.05) is 25.3 Å². The van der Waals surface area contributed by atoms with Gasteiger partial charge in [0.15, 0.2) is 0 Å². The second kappa shape index (κ2) is 6.84. The quantitative estimate of drug-likeness (QED) is 0.916. The summed E-state index contributed by atoms with van der Waals surface area (Å²) in [6, 6.07) is 4.35. The molecule has 0 spiro atoms. The molecule has 1 aromatic heterocycles. The summed E-state index contributed by atoms with van der Waals surface area (Å²) in [5.74, 6) is 0.562. The molecule has 1 N–H and O–H groups in total. The summed E-state index contributed by atoms with van der Waals surface area (Å²) in [7, 11) is 0. The van der Waals surface area contributed by atoms with Gasteiger partial charge in [-0.2, -0.15) is 0 Å². The highest BCUT2D eigenvalue weighted by atomic mass is 16.2. The highest BCUT2D eigenvalue weighted by molar-refractivity contribution is 5.93. The lowest BCUT2D eigenvalue weighted by atomic mass is 9.93. The van der Waals surface area contributed by atoms with Gasteiger partial charge in [-0.25, -0.2) is 0 Å². The van der Waals surface area contributed by atoms with Crippen molar-refractivity contribution in [3.05, 3.63) is 29.6 Å². The average molecular weight is 275 g/mol. The molecule has 1 aliphatic rings. The second-order valence-corrected chi connectivity index (χ2v) is 5.75. The monoisotopic (exact) mass is 275 g/mol. The number of nitrogens with one attached hydrogen (secondary N) is 1. The summed E-state index contributed by atoms with van der Waals surface area (Å²) < 4.78 is 0. The molecule has 0 aromatic carbocycles. The molecule has 2 heterocycles. The Hall–Kier alpha value is -1.42. The Kier molecular flexibility index (Phi) is 5.12. The zero-order chi connectivity index (χ0) is 14.5. The number of pyridine rings is 1. The molecular weight excluding hydrogens is 250 g/mol. The molecule has 1 saturated heterocycles. The minimum atomic E-state index is 0.0730. The molecule has 4 nitrogen and oxygen atoms in total. The SMILES string of the molecule is CCCNC1CCN(C(=O)c2ncccc2C)CC1C. The lowest BCUT2D eigenvalue weighted by Gasteiger charge is -2.37. The van der Waals surface area contributed by atoms with Crippen molar-refractivity contribution in [3.63, 3.8) is 0 Å². The Morgan fingerprint density at radius 3 is 3.00 bits per heavy atom. The van der Waals surface area contributed by atoms with Crippen LogP contribution in [0, 0.1) is 12.8 Å². The lowest BCUT2D eigenvalue weighted by Crippen LogP contribution is -2.50. The van der Waals surface area contributed by atoms with Crippen LogP contribution in [0.3, 0.4) is 0 Å². The molecule has 2 unspecified atom stereocenters. The van der Waals surface area contributed by atoms with Crippen LogP contribution in [-0.2, 0) is 0 Å². The predicted octanol–water partition coefficient (Wildman–Crippen LogP) is 2.24. The zero-order valence-electron chi connectivity index (χ0n) is 12.7. The number of amides is 1. The molecular formula is C16H25N3O. The van der Waals surface area contributed by atoms with Gasteiger partial charge in [0.2, 0.25) is 0 Å². The number of aromatic nitrogens is 1.